The van der Waals surface area contributed by atoms with Gasteiger partial charge in [-0.15, -0.1) is 5.10 Å². The second-order valence-corrected chi connectivity index (χ2v) is 6.87. The Morgan fingerprint density at radius 1 is 1.55 bits per heavy atom. The minimum absolute atomic E-state index is 0.166. The van der Waals surface area contributed by atoms with Crippen molar-refractivity contribution >= 4 is 35.0 Å². The van der Waals surface area contributed by atoms with E-state index in [1.807, 2.05) is 0 Å². The minimum atomic E-state index is -0.446. The fourth-order valence-electron chi connectivity index (χ4n) is 1.89. The molecule has 1 saturated carbocycles. The molecule has 8 heteroatoms. The highest BCUT2D eigenvalue weighted by Gasteiger charge is 2.28. The Labute approximate surface area is 136 Å². The molecule has 2 aromatic rings. The van der Waals surface area contributed by atoms with Crippen LogP contribution in [-0.2, 0) is 4.79 Å². The number of halogens is 2. The van der Waals surface area contributed by atoms with Crippen molar-refractivity contribution in [3.05, 3.63) is 34.9 Å². The number of amides is 1. The first-order valence-corrected chi connectivity index (χ1v) is 8.13. The number of rotatable bonds is 5. The van der Waals surface area contributed by atoms with Crippen LogP contribution in [0.25, 0.3) is 0 Å². The summed E-state index contributed by atoms with van der Waals surface area (Å²) < 4.78 is 13.0. The second kappa shape index (κ2) is 6.26. The number of carbonyl (C=O) groups is 1. The molecule has 0 unspecified atom stereocenters. The quantitative estimate of drug-likeness (QED) is 0.816. The van der Waals surface area contributed by atoms with Crippen LogP contribution in [-0.4, -0.2) is 26.3 Å². The van der Waals surface area contributed by atoms with Gasteiger partial charge in [-0.2, -0.15) is 0 Å². The molecule has 3 rings (SSSR count). The van der Waals surface area contributed by atoms with Gasteiger partial charge in [0.05, 0.1) is 16.0 Å². The van der Waals surface area contributed by atoms with Gasteiger partial charge in [0.2, 0.25) is 11.1 Å². The van der Waals surface area contributed by atoms with E-state index < -0.39 is 11.1 Å². The fraction of sp³-hybridized carbons (Fsp3) is 0.357. The summed E-state index contributed by atoms with van der Waals surface area (Å²) in [7, 11) is 0. The summed E-state index contributed by atoms with van der Waals surface area (Å²) in [4.78, 5) is 16.5. The zero-order valence-corrected chi connectivity index (χ0v) is 13.3. The van der Waals surface area contributed by atoms with E-state index in [4.69, 9.17) is 11.6 Å². The highest BCUT2D eigenvalue weighted by Crippen LogP contribution is 2.38. The average molecular weight is 341 g/mol. The molecule has 22 heavy (non-hydrogen) atoms. The summed E-state index contributed by atoms with van der Waals surface area (Å²) in [5, 5.41) is 10.0. The molecular weight excluding hydrogens is 327 g/mol. The first-order chi connectivity index (χ1) is 10.5. The van der Waals surface area contributed by atoms with E-state index >= 15 is 0 Å². The maximum atomic E-state index is 13.0. The lowest BCUT2D eigenvalue weighted by molar-refractivity contribution is -0.115. The number of nitrogens with one attached hydrogen (secondary N) is 2. The number of H-pyrrole nitrogens is 1. The molecule has 2 N–H and O–H groups in total. The van der Waals surface area contributed by atoms with Crippen LogP contribution in [0.4, 0.5) is 10.1 Å². The topological polar surface area (TPSA) is 70.7 Å². The highest BCUT2D eigenvalue weighted by atomic mass is 35.5. The molecule has 0 saturated heterocycles. The summed E-state index contributed by atoms with van der Waals surface area (Å²) in [5.41, 5.74) is 0.383. The Kier molecular flexibility index (Phi) is 4.35. The normalized spacial score (nSPS) is 15.6. The third-order valence-electron chi connectivity index (χ3n) is 3.29. The van der Waals surface area contributed by atoms with Crippen LogP contribution in [0.1, 0.15) is 31.5 Å². The van der Waals surface area contributed by atoms with Crippen LogP contribution >= 0.6 is 23.4 Å². The monoisotopic (exact) mass is 340 g/mol. The molecular formula is C14H14ClFN4OS. The van der Waals surface area contributed by atoms with Gasteiger partial charge in [-0.3, -0.25) is 9.89 Å². The summed E-state index contributed by atoms with van der Waals surface area (Å²) in [6.45, 7) is 1.75. The number of thioether (sulfide) groups is 1. The van der Waals surface area contributed by atoms with Crippen molar-refractivity contribution in [2.75, 3.05) is 5.32 Å². The number of carbonyl (C=O) groups excluding carboxylic acids is 1. The summed E-state index contributed by atoms with van der Waals surface area (Å²) >= 11 is 7.16. The molecule has 1 aliphatic carbocycles. The van der Waals surface area contributed by atoms with Gasteiger partial charge in [0, 0.05) is 5.92 Å². The third-order valence-corrected chi connectivity index (χ3v) is 4.56. The summed E-state index contributed by atoms with van der Waals surface area (Å²) in [6.07, 6.45) is 2.27. The van der Waals surface area contributed by atoms with E-state index in [9.17, 15) is 9.18 Å². The number of benzene rings is 1. The van der Waals surface area contributed by atoms with Crippen molar-refractivity contribution in [2.24, 2.45) is 0 Å². The molecule has 0 radical (unpaired) electrons. The van der Waals surface area contributed by atoms with Crippen molar-refractivity contribution in [1.82, 2.24) is 15.2 Å². The van der Waals surface area contributed by atoms with E-state index in [1.165, 1.54) is 23.9 Å². The summed E-state index contributed by atoms with van der Waals surface area (Å²) in [5.74, 6) is 0.690. The van der Waals surface area contributed by atoms with Crippen LogP contribution < -0.4 is 5.32 Å². The maximum absolute atomic E-state index is 13.0. The zero-order valence-electron chi connectivity index (χ0n) is 11.8. The van der Waals surface area contributed by atoms with Crippen LogP contribution in [0.3, 0.4) is 0 Å². The molecule has 1 fully saturated rings. The van der Waals surface area contributed by atoms with Gasteiger partial charge in [0.25, 0.3) is 0 Å². The van der Waals surface area contributed by atoms with Gasteiger partial charge in [-0.05, 0) is 38.0 Å². The lowest BCUT2D eigenvalue weighted by atomic mass is 10.3. The smallest absolute Gasteiger partial charge is 0.237 e. The Hall–Kier alpha value is -1.60. The van der Waals surface area contributed by atoms with Crippen molar-refractivity contribution in [1.29, 1.82) is 0 Å². The van der Waals surface area contributed by atoms with Crippen LogP contribution in [0.15, 0.2) is 23.4 Å². The lowest BCUT2D eigenvalue weighted by Gasteiger charge is -2.11. The molecule has 1 amide bonds. The maximum Gasteiger partial charge on any atom is 0.237 e. The molecule has 116 valence electrons. The second-order valence-electron chi connectivity index (χ2n) is 5.15. The van der Waals surface area contributed by atoms with E-state index in [-0.39, 0.29) is 10.9 Å². The first kappa shape index (κ1) is 15.3. The van der Waals surface area contributed by atoms with E-state index in [0.29, 0.717) is 16.8 Å². The number of hydrogen-bond donors (Lipinski definition) is 2. The Balaban J connectivity index is 1.60. The predicted octanol–water partition coefficient (Wildman–Crippen LogP) is 3.59. The number of hydrogen-bond acceptors (Lipinski definition) is 4. The molecule has 5 nitrogen and oxygen atoms in total. The van der Waals surface area contributed by atoms with Gasteiger partial charge >= 0.3 is 0 Å². The van der Waals surface area contributed by atoms with Crippen LogP contribution in [0.2, 0.25) is 5.02 Å². The number of aromatic amines is 1. The molecule has 1 aromatic carbocycles. The summed E-state index contributed by atoms with van der Waals surface area (Å²) in [6, 6.07) is 3.84. The molecule has 1 aromatic heterocycles. The van der Waals surface area contributed by atoms with Gasteiger partial charge in [0.1, 0.15) is 11.6 Å². The van der Waals surface area contributed by atoms with Crippen molar-refractivity contribution in [2.45, 2.75) is 36.1 Å². The number of aromatic nitrogens is 3. The Morgan fingerprint density at radius 2 is 2.32 bits per heavy atom. The molecule has 1 heterocycles. The van der Waals surface area contributed by atoms with Gasteiger partial charge in [-0.1, -0.05) is 23.4 Å². The lowest BCUT2D eigenvalue weighted by Crippen LogP contribution is -2.22. The number of anilines is 1. The van der Waals surface area contributed by atoms with Gasteiger partial charge in [-0.25, -0.2) is 9.37 Å². The average Bonchev–Trinajstić information content (AvgIpc) is 3.22. The molecule has 0 spiro atoms. The Morgan fingerprint density at radius 3 is 3.00 bits per heavy atom. The molecule has 1 atom stereocenters. The molecule has 1 aliphatic rings. The van der Waals surface area contributed by atoms with Crippen molar-refractivity contribution in [3.8, 4) is 0 Å². The Bertz CT molecular complexity index is 704. The van der Waals surface area contributed by atoms with Crippen molar-refractivity contribution < 1.29 is 9.18 Å². The van der Waals surface area contributed by atoms with Gasteiger partial charge in [0.15, 0.2) is 0 Å². The fourth-order valence-corrected chi connectivity index (χ4v) is 2.83. The van der Waals surface area contributed by atoms with Crippen LogP contribution in [0, 0.1) is 5.82 Å². The molecule has 0 bridgehead atoms. The van der Waals surface area contributed by atoms with E-state index in [0.717, 1.165) is 24.7 Å². The van der Waals surface area contributed by atoms with Gasteiger partial charge < -0.3 is 5.32 Å². The van der Waals surface area contributed by atoms with Crippen LogP contribution in [0.5, 0.6) is 0 Å². The highest BCUT2D eigenvalue weighted by molar-refractivity contribution is 8.00. The number of nitrogens with zero attached hydrogens (tertiary/aromatic N) is 2. The van der Waals surface area contributed by atoms with E-state index in [1.54, 1.807) is 6.92 Å². The molecule has 0 aliphatic heterocycles. The predicted molar refractivity (Wildman–Crippen MR) is 83.7 cm³/mol. The first-order valence-electron chi connectivity index (χ1n) is 6.88. The third kappa shape index (κ3) is 3.59. The zero-order chi connectivity index (χ0) is 15.7. The van der Waals surface area contributed by atoms with Crippen molar-refractivity contribution in [3.63, 3.8) is 0 Å². The standard InChI is InChI=1S/C14H14ClFN4OS/c1-7(22-14-18-12(19-20-14)8-2-3-8)13(21)17-11-5-4-9(16)6-10(11)15/h4-8H,2-3H2,1H3,(H,17,21)(H,18,19,20)/t7-/m0/s1. The minimum Gasteiger partial charge on any atom is -0.324 e. The largest absolute Gasteiger partial charge is 0.324 e. The van der Waals surface area contributed by atoms with E-state index in [2.05, 4.69) is 20.5 Å². The SMILES string of the molecule is C[C@H](Sc1n[nH]c(C2CC2)n1)C(=O)Nc1ccc(F)cc1Cl.